The first-order valence-electron chi connectivity index (χ1n) is 8.21. The lowest BCUT2D eigenvalue weighted by atomic mass is 10.0. The number of benzene rings is 1. The highest BCUT2D eigenvalue weighted by molar-refractivity contribution is 6.31. The average Bonchev–Trinajstić information content (AvgIpc) is 2.67. The Morgan fingerprint density at radius 1 is 1.25 bits per heavy atom. The van der Waals surface area contributed by atoms with Gasteiger partial charge in [-0.1, -0.05) is 47.0 Å². The molecule has 28 heavy (non-hydrogen) atoms. The highest BCUT2D eigenvalue weighted by Crippen LogP contribution is 2.23. The first kappa shape index (κ1) is 20.7. The lowest BCUT2D eigenvalue weighted by Gasteiger charge is -2.14. The number of aromatic nitrogens is 2. The van der Waals surface area contributed by atoms with Crippen molar-refractivity contribution in [2.45, 2.75) is 18.9 Å². The summed E-state index contributed by atoms with van der Waals surface area (Å²) in [4.78, 5) is 27.0. The highest BCUT2D eigenvalue weighted by Gasteiger charge is 2.18. The van der Waals surface area contributed by atoms with E-state index in [2.05, 4.69) is 30.3 Å². The van der Waals surface area contributed by atoms with Gasteiger partial charge in [-0.05, 0) is 23.9 Å². The SMILES string of the molecule is [N-]=[N+]=NCCCC(N=C(N)NC(=O)c1nc(Cl)c(N)nc1N)c1ccccc1. The number of guanidine groups is 1. The second-order valence-electron chi connectivity index (χ2n) is 5.63. The van der Waals surface area contributed by atoms with Crippen molar-refractivity contribution in [1.82, 2.24) is 15.3 Å². The molecule has 12 heteroatoms. The monoisotopic (exact) mass is 402 g/mol. The summed E-state index contributed by atoms with van der Waals surface area (Å²) in [5, 5.41) is 5.78. The first-order valence-corrected chi connectivity index (χ1v) is 8.59. The Hall–Kier alpha value is -3.56. The van der Waals surface area contributed by atoms with Gasteiger partial charge in [0.15, 0.2) is 28.4 Å². The number of hydrogen-bond acceptors (Lipinski definition) is 7. The van der Waals surface area contributed by atoms with E-state index in [0.29, 0.717) is 19.4 Å². The minimum atomic E-state index is -0.714. The molecule has 1 aromatic carbocycles. The van der Waals surface area contributed by atoms with Gasteiger partial charge < -0.3 is 17.2 Å². The third kappa shape index (κ3) is 5.73. The molecule has 0 saturated heterocycles. The van der Waals surface area contributed by atoms with E-state index in [-0.39, 0.29) is 34.5 Å². The smallest absolute Gasteiger partial charge is 0.280 e. The van der Waals surface area contributed by atoms with Crippen LogP contribution in [-0.2, 0) is 0 Å². The number of anilines is 2. The van der Waals surface area contributed by atoms with Crippen LogP contribution < -0.4 is 22.5 Å². The topological polar surface area (TPSA) is 194 Å². The van der Waals surface area contributed by atoms with E-state index in [0.717, 1.165) is 5.56 Å². The molecule has 11 nitrogen and oxygen atoms in total. The fourth-order valence-corrected chi connectivity index (χ4v) is 2.49. The maximum Gasteiger partial charge on any atom is 0.280 e. The second kappa shape index (κ2) is 9.95. The largest absolute Gasteiger partial charge is 0.382 e. The Balaban J connectivity index is 2.17. The van der Waals surface area contributed by atoms with Gasteiger partial charge in [-0.25, -0.2) is 15.0 Å². The van der Waals surface area contributed by atoms with Crippen molar-refractivity contribution in [2.75, 3.05) is 18.0 Å². The van der Waals surface area contributed by atoms with Gasteiger partial charge in [-0.2, -0.15) is 0 Å². The lowest BCUT2D eigenvalue weighted by molar-refractivity contribution is 0.0972. The molecule has 2 rings (SSSR count). The fraction of sp³-hybridized carbons (Fsp3) is 0.250. The van der Waals surface area contributed by atoms with Gasteiger partial charge in [0.05, 0.1) is 6.04 Å². The third-order valence-electron chi connectivity index (χ3n) is 3.64. The van der Waals surface area contributed by atoms with Crippen LogP contribution in [0.4, 0.5) is 11.6 Å². The van der Waals surface area contributed by atoms with Crippen LogP contribution in [0.25, 0.3) is 10.4 Å². The summed E-state index contributed by atoms with van der Waals surface area (Å²) in [6, 6.07) is 9.05. The molecule has 1 atom stereocenters. The quantitative estimate of drug-likeness (QED) is 0.137. The maximum atomic E-state index is 12.3. The van der Waals surface area contributed by atoms with Crippen molar-refractivity contribution >= 4 is 35.1 Å². The van der Waals surface area contributed by atoms with Crippen molar-refractivity contribution in [1.29, 1.82) is 0 Å². The minimum Gasteiger partial charge on any atom is -0.382 e. The molecule has 2 aromatic rings. The summed E-state index contributed by atoms with van der Waals surface area (Å²) in [5.74, 6) is -1.10. The normalized spacial score (nSPS) is 12.1. The van der Waals surface area contributed by atoms with Crippen LogP contribution in [0.3, 0.4) is 0 Å². The zero-order valence-electron chi connectivity index (χ0n) is 14.8. The molecule has 0 saturated carbocycles. The number of rotatable bonds is 7. The highest BCUT2D eigenvalue weighted by atomic mass is 35.5. The lowest BCUT2D eigenvalue weighted by Crippen LogP contribution is -2.38. The Morgan fingerprint density at radius 3 is 2.64 bits per heavy atom. The van der Waals surface area contributed by atoms with E-state index in [1.165, 1.54) is 0 Å². The number of nitrogens with zero attached hydrogens (tertiary/aromatic N) is 6. The molecule has 1 amide bonds. The number of nitrogen functional groups attached to an aromatic ring is 2. The molecule has 1 aromatic heterocycles. The van der Waals surface area contributed by atoms with Gasteiger partial charge in [-0.15, -0.1) is 0 Å². The molecule has 0 spiro atoms. The van der Waals surface area contributed by atoms with Crippen molar-refractivity contribution in [3.05, 3.63) is 57.2 Å². The van der Waals surface area contributed by atoms with Crippen LogP contribution >= 0.6 is 11.6 Å². The van der Waals surface area contributed by atoms with Crippen LogP contribution in [0, 0.1) is 0 Å². The van der Waals surface area contributed by atoms with E-state index in [4.69, 9.17) is 34.3 Å². The van der Waals surface area contributed by atoms with Crippen LogP contribution in [-0.4, -0.2) is 28.4 Å². The molecule has 0 radical (unpaired) electrons. The minimum absolute atomic E-state index is 0.0819. The summed E-state index contributed by atoms with van der Waals surface area (Å²) in [5.41, 5.74) is 26.1. The van der Waals surface area contributed by atoms with Gasteiger partial charge in [0, 0.05) is 11.5 Å². The molecule has 0 fully saturated rings. The molecule has 0 bridgehead atoms. The number of hydrogen-bond donors (Lipinski definition) is 4. The Bertz CT molecular complexity index is 911. The zero-order chi connectivity index (χ0) is 20.5. The van der Waals surface area contributed by atoms with Crippen molar-refractivity contribution < 1.29 is 4.79 Å². The van der Waals surface area contributed by atoms with Crippen molar-refractivity contribution in [2.24, 2.45) is 15.8 Å². The van der Waals surface area contributed by atoms with Gasteiger partial charge in [0.1, 0.15) is 0 Å². The van der Waals surface area contributed by atoms with E-state index in [9.17, 15) is 4.79 Å². The third-order valence-corrected chi connectivity index (χ3v) is 3.92. The molecular weight excluding hydrogens is 384 g/mol. The Kier molecular flexibility index (Phi) is 7.37. The average molecular weight is 403 g/mol. The van der Waals surface area contributed by atoms with Crippen LogP contribution in [0.1, 0.15) is 34.9 Å². The molecule has 0 aliphatic rings. The molecule has 0 aliphatic heterocycles. The number of aliphatic imine (C=N–C) groups is 1. The summed E-state index contributed by atoms with van der Waals surface area (Å²) < 4.78 is 0. The predicted molar refractivity (Wildman–Crippen MR) is 107 cm³/mol. The van der Waals surface area contributed by atoms with E-state index in [1.54, 1.807) is 0 Å². The number of azide groups is 1. The Labute approximate surface area is 165 Å². The summed E-state index contributed by atoms with van der Waals surface area (Å²) in [6.07, 6.45) is 1.16. The van der Waals surface area contributed by atoms with Gasteiger partial charge in [-0.3, -0.25) is 10.1 Å². The Morgan fingerprint density at radius 2 is 1.96 bits per heavy atom. The van der Waals surface area contributed by atoms with Crippen LogP contribution in [0.2, 0.25) is 5.15 Å². The number of carbonyl (C=O) groups excluding carboxylic acids is 1. The van der Waals surface area contributed by atoms with Crippen LogP contribution in [0.5, 0.6) is 0 Å². The van der Waals surface area contributed by atoms with Gasteiger partial charge >= 0.3 is 0 Å². The molecule has 146 valence electrons. The summed E-state index contributed by atoms with van der Waals surface area (Å²) in [6.45, 7) is 0.331. The molecule has 1 unspecified atom stereocenters. The predicted octanol–water partition coefficient (Wildman–Crippen LogP) is 2.17. The van der Waals surface area contributed by atoms with Crippen molar-refractivity contribution in [3.63, 3.8) is 0 Å². The number of nitrogens with two attached hydrogens (primary N) is 3. The standard InChI is InChI=1S/C16H19ClN10O/c17-12-14(19)25-13(18)11(24-12)15(28)26-16(20)23-10(7-4-8-22-27-21)9-5-2-1-3-6-9/h1-3,5-6,10H,4,7-8H2,(H4,18,19,25)(H3,20,23,26,28). The molecule has 0 aliphatic carbocycles. The number of nitrogens with one attached hydrogen (secondary N) is 1. The van der Waals surface area contributed by atoms with E-state index >= 15 is 0 Å². The fourth-order valence-electron chi connectivity index (χ4n) is 2.37. The zero-order valence-corrected chi connectivity index (χ0v) is 15.5. The summed E-state index contributed by atoms with van der Waals surface area (Å²) in [7, 11) is 0. The summed E-state index contributed by atoms with van der Waals surface area (Å²) >= 11 is 5.78. The number of carbonyl (C=O) groups is 1. The maximum absolute atomic E-state index is 12.3. The number of halogens is 1. The number of amides is 1. The van der Waals surface area contributed by atoms with E-state index < -0.39 is 5.91 Å². The van der Waals surface area contributed by atoms with E-state index in [1.807, 2.05) is 30.3 Å². The van der Waals surface area contributed by atoms with Crippen molar-refractivity contribution in [3.8, 4) is 0 Å². The molecule has 1 heterocycles. The molecule has 7 N–H and O–H groups in total. The molecular formula is C16H19ClN10O. The first-order chi connectivity index (χ1) is 13.4. The van der Waals surface area contributed by atoms with Gasteiger partial charge in [0.25, 0.3) is 5.91 Å². The van der Waals surface area contributed by atoms with Crippen LogP contribution in [0.15, 0.2) is 40.4 Å². The second-order valence-corrected chi connectivity index (χ2v) is 5.98. The van der Waals surface area contributed by atoms with Gasteiger partial charge in [0.2, 0.25) is 0 Å².